The van der Waals surface area contributed by atoms with Crippen molar-refractivity contribution in [3.05, 3.63) is 0 Å². The summed E-state index contributed by atoms with van der Waals surface area (Å²) in [6.45, 7) is 14.4. The largest absolute Gasteiger partial charge is 0.381 e. The zero-order valence-corrected chi connectivity index (χ0v) is 17.7. The van der Waals surface area contributed by atoms with Gasteiger partial charge in [-0.3, -0.25) is 0 Å². The molecule has 26 heavy (non-hydrogen) atoms. The topological polar surface area (TPSA) is 27.7 Å². The molecule has 3 aliphatic rings. The Morgan fingerprint density at radius 2 is 1.73 bits per heavy atom. The molecule has 6 unspecified atom stereocenters. The van der Waals surface area contributed by atoms with Crippen molar-refractivity contribution in [3.8, 4) is 0 Å². The highest BCUT2D eigenvalue weighted by Gasteiger charge is 2.38. The van der Waals surface area contributed by atoms with Gasteiger partial charge in [0.2, 0.25) is 0 Å². The van der Waals surface area contributed by atoms with Gasteiger partial charge in [0, 0.05) is 33.0 Å². The van der Waals surface area contributed by atoms with E-state index in [0.29, 0.717) is 12.0 Å². The second kappa shape index (κ2) is 9.39. The number of hydrogen-bond acceptors (Lipinski definition) is 3. The van der Waals surface area contributed by atoms with Crippen LogP contribution in [0.25, 0.3) is 0 Å². The summed E-state index contributed by atoms with van der Waals surface area (Å²) in [5, 5.41) is 0. The average molecular weight is 367 g/mol. The van der Waals surface area contributed by atoms with Crippen LogP contribution in [0.5, 0.6) is 0 Å². The highest BCUT2D eigenvalue weighted by molar-refractivity contribution is 4.87. The van der Waals surface area contributed by atoms with E-state index in [4.69, 9.17) is 14.2 Å². The lowest BCUT2D eigenvalue weighted by Gasteiger charge is -2.42. The molecule has 3 saturated heterocycles. The lowest BCUT2D eigenvalue weighted by Crippen LogP contribution is -2.40. The third-order valence-electron chi connectivity index (χ3n) is 7.48. The monoisotopic (exact) mass is 366 g/mol. The molecule has 0 bridgehead atoms. The molecule has 6 atom stereocenters. The van der Waals surface area contributed by atoms with Gasteiger partial charge in [0.05, 0.1) is 6.10 Å². The molecule has 0 radical (unpaired) electrons. The van der Waals surface area contributed by atoms with Crippen LogP contribution >= 0.6 is 0 Å². The fourth-order valence-corrected chi connectivity index (χ4v) is 5.64. The highest BCUT2D eigenvalue weighted by atomic mass is 16.5. The average Bonchev–Trinajstić information content (AvgIpc) is 3.17. The van der Waals surface area contributed by atoms with E-state index in [1.807, 2.05) is 0 Å². The Balaban J connectivity index is 1.42. The van der Waals surface area contributed by atoms with Crippen LogP contribution in [-0.4, -0.2) is 39.1 Å². The SMILES string of the molecule is CCC1COCC(CC(C)(C)C2CCC(CC(C)C3CCOC3)CO2)C1. The molecule has 0 spiro atoms. The number of rotatable bonds is 7. The van der Waals surface area contributed by atoms with Crippen molar-refractivity contribution in [2.75, 3.05) is 33.0 Å². The molecule has 3 fully saturated rings. The Hall–Kier alpha value is -0.120. The Kier molecular flexibility index (Phi) is 7.44. The van der Waals surface area contributed by atoms with Crippen LogP contribution in [-0.2, 0) is 14.2 Å². The fraction of sp³-hybridized carbons (Fsp3) is 1.00. The van der Waals surface area contributed by atoms with E-state index in [0.717, 1.165) is 56.7 Å². The second-order valence-electron chi connectivity index (χ2n) is 10.2. The van der Waals surface area contributed by atoms with Gasteiger partial charge in [0.15, 0.2) is 0 Å². The van der Waals surface area contributed by atoms with Crippen molar-refractivity contribution in [1.82, 2.24) is 0 Å². The zero-order chi connectivity index (χ0) is 18.6. The molecule has 0 aliphatic carbocycles. The maximum Gasteiger partial charge on any atom is 0.0626 e. The molecule has 3 rings (SSSR count). The zero-order valence-electron chi connectivity index (χ0n) is 17.7. The third kappa shape index (κ3) is 5.45. The van der Waals surface area contributed by atoms with Crippen LogP contribution in [0, 0.1) is 35.0 Å². The summed E-state index contributed by atoms with van der Waals surface area (Å²) in [5.74, 6) is 3.79. The van der Waals surface area contributed by atoms with Gasteiger partial charge >= 0.3 is 0 Å². The molecule has 3 heterocycles. The van der Waals surface area contributed by atoms with Gasteiger partial charge in [-0.15, -0.1) is 0 Å². The number of hydrogen-bond donors (Lipinski definition) is 0. The van der Waals surface area contributed by atoms with Crippen LogP contribution in [0.2, 0.25) is 0 Å². The molecule has 0 aromatic carbocycles. The smallest absolute Gasteiger partial charge is 0.0626 e. The molecule has 3 aliphatic heterocycles. The maximum absolute atomic E-state index is 6.44. The molecule has 152 valence electrons. The van der Waals surface area contributed by atoms with Gasteiger partial charge in [-0.05, 0) is 73.5 Å². The van der Waals surface area contributed by atoms with E-state index < -0.39 is 0 Å². The second-order valence-corrected chi connectivity index (χ2v) is 10.2. The molecular weight excluding hydrogens is 324 g/mol. The third-order valence-corrected chi connectivity index (χ3v) is 7.48. The summed E-state index contributed by atoms with van der Waals surface area (Å²) in [4.78, 5) is 0. The summed E-state index contributed by atoms with van der Waals surface area (Å²) >= 11 is 0. The van der Waals surface area contributed by atoms with Crippen molar-refractivity contribution in [1.29, 1.82) is 0 Å². The van der Waals surface area contributed by atoms with Crippen molar-refractivity contribution in [2.45, 2.75) is 78.7 Å². The Morgan fingerprint density at radius 1 is 0.923 bits per heavy atom. The van der Waals surface area contributed by atoms with Gasteiger partial charge in [-0.2, -0.15) is 0 Å². The standard InChI is InChI=1S/C23H42O3/c1-5-18-11-20(14-25-13-18)12-23(3,4)22-7-6-19(15-26-22)10-17(2)21-8-9-24-16-21/h17-22H,5-16H2,1-4H3. The predicted octanol–water partition coefficient (Wildman–Crippen LogP) is 5.32. The van der Waals surface area contributed by atoms with Crippen LogP contribution in [0.15, 0.2) is 0 Å². The normalized spacial score (nSPS) is 37.6. The first-order valence-electron chi connectivity index (χ1n) is 11.2. The molecular formula is C23H42O3. The molecule has 0 aromatic heterocycles. The minimum Gasteiger partial charge on any atom is -0.381 e. The van der Waals surface area contributed by atoms with E-state index >= 15 is 0 Å². The Morgan fingerprint density at radius 3 is 2.38 bits per heavy atom. The van der Waals surface area contributed by atoms with Crippen molar-refractivity contribution in [2.24, 2.45) is 35.0 Å². The summed E-state index contributed by atoms with van der Waals surface area (Å²) in [6, 6.07) is 0. The van der Waals surface area contributed by atoms with Crippen LogP contribution in [0.4, 0.5) is 0 Å². The van der Waals surface area contributed by atoms with Crippen molar-refractivity contribution < 1.29 is 14.2 Å². The summed E-state index contributed by atoms with van der Waals surface area (Å²) in [7, 11) is 0. The lowest BCUT2D eigenvalue weighted by molar-refractivity contribution is -0.0963. The summed E-state index contributed by atoms with van der Waals surface area (Å²) < 4.78 is 17.9. The molecule has 0 N–H and O–H groups in total. The van der Waals surface area contributed by atoms with E-state index in [-0.39, 0.29) is 5.41 Å². The van der Waals surface area contributed by atoms with E-state index in [9.17, 15) is 0 Å². The first-order valence-corrected chi connectivity index (χ1v) is 11.2. The van der Waals surface area contributed by atoms with Gasteiger partial charge < -0.3 is 14.2 Å². The van der Waals surface area contributed by atoms with E-state index in [1.165, 1.54) is 44.9 Å². The van der Waals surface area contributed by atoms with E-state index in [1.54, 1.807) is 0 Å². The summed E-state index contributed by atoms with van der Waals surface area (Å²) in [6.07, 6.45) is 9.41. The van der Waals surface area contributed by atoms with Gasteiger partial charge in [-0.25, -0.2) is 0 Å². The first kappa shape index (κ1) is 20.6. The molecule has 3 heteroatoms. The minimum absolute atomic E-state index is 0.263. The number of ether oxygens (including phenoxy) is 3. The van der Waals surface area contributed by atoms with Gasteiger partial charge in [0.25, 0.3) is 0 Å². The van der Waals surface area contributed by atoms with Gasteiger partial charge in [0.1, 0.15) is 0 Å². The molecule has 3 nitrogen and oxygen atoms in total. The fourth-order valence-electron chi connectivity index (χ4n) is 5.64. The highest BCUT2D eigenvalue weighted by Crippen LogP contribution is 2.41. The molecule has 0 aromatic rings. The summed E-state index contributed by atoms with van der Waals surface area (Å²) in [5.41, 5.74) is 0.263. The predicted molar refractivity (Wildman–Crippen MR) is 106 cm³/mol. The lowest BCUT2D eigenvalue weighted by atomic mass is 9.72. The van der Waals surface area contributed by atoms with Crippen LogP contribution in [0.1, 0.15) is 72.6 Å². The molecule has 0 amide bonds. The van der Waals surface area contributed by atoms with Crippen LogP contribution < -0.4 is 0 Å². The quantitative estimate of drug-likeness (QED) is 0.610. The molecule has 0 saturated carbocycles. The van der Waals surface area contributed by atoms with Crippen molar-refractivity contribution in [3.63, 3.8) is 0 Å². The maximum atomic E-state index is 6.44. The van der Waals surface area contributed by atoms with E-state index in [2.05, 4.69) is 27.7 Å². The van der Waals surface area contributed by atoms with Gasteiger partial charge in [-0.1, -0.05) is 34.1 Å². The Bertz CT molecular complexity index is 408. The first-order chi connectivity index (χ1) is 12.5. The Labute approximate surface area is 161 Å². The van der Waals surface area contributed by atoms with Crippen LogP contribution in [0.3, 0.4) is 0 Å². The minimum atomic E-state index is 0.263. The van der Waals surface area contributed by atoms with Crippen molar-refractivity contribution >= 4 is 0 Å².